The molecule has 1 aliphatic carbocycles. The first-order valence-corrected chi connectivity index (χ1v) is 12.5. The minimum Gasteiger partial charge on any atom is -0.383 e. The Morgan fingerprint density at radius 2 is 1.76 bits per heavy atom. The molecular formula is C23H28N4O6S. The number of carbonyl (C=O) groups is 3. The summed E-state index contributed by atoms with van der Waals surface area (Å²) in [6, 6.07) is 8.22. The van der Waals surface area contributed by atoms with Crippen molar-refractivity contribution in [1.29, 1.82) is 0 Å². The molecule has 0 radical (unpaired) electrons. The van der Waals surface area contributed by atoms with Gasteiger partial charge in [0.15, 0.2) is 0 Å². The van der Waals surface area contributed by atoms with E-state index in [-0.39, 0.29) is 33.7 Å². The van der Waals surface area contributed by atoms with Gasteiger partial charge in [0, 0.05) is 31.5 Å². The van der Waals surface area contributed by atoms with E-state index in [0.717, 1.165) is 38.3 Å². The van der Waals surface area contributed by atoms with Gasteiger partial charge < -0.3 is 15.4 Å². The van der Waals surface area contributed by atoms with Crippen LogP contribution in [0.15, 0.2) is 47.5 Å². The highest BCUT2D eigenvalue weighted by atomic mass is 32.2. The molecule has 182 valence electrons. The number of pyridine rings is 1. The molecule has 0 saturated heterocycles. The Balaban J connectivity index is 1.65. The molecule has 1 aromatic carbocycles. The minimum atomic E-state index is -4.24. The Hall–Kier alpha value is -3.31. The second kappa shape index (κ2) is 11.7. The highest BCUT2D eigenvalue weighted by molar-refractivity contribution is 7.90. The monoisotopic (exact) mass is 488 g/mol. The van der Waals surface area contributed by atoms with Crippen molar-refractivity contribution in [2.75, 3.05) is 20.3 Å². The standard InChI is InChI=1S/C23H28N4O6S/c1-33-13-12-24-23(30)20-11-10-17(15-25-20)22(29)27-34(31,32)19-9-5-6-16(14-19)21(28)26-18-7-3-2-4-8-18/h5-6,9-11,14-15,18H,2-4,7-8,12-13H2,1H3,(H,24,30)(H,26,28)(H,27,29). The lowest BCUT2D eigenvalue weighted by Crippen LogP contribution is -2.36. The lowest BCUT2D eigenvalue weighted by atomic mass is 9.95. The maximum Gasteiger partial charge on any atom is 0.269 e. The fourth-order valence-corrected chi connectivity index (χ4v) is 4.60. The number of methoxy groups -OCH3 is 1. The van der Waals surface area contributed by atoms with Crippen molar-refractivity contribution in [2.45, 2.75) is 43.0 Å². The summed E-state index contributed by atoms with van der Waals surface area (Å²) in [5, 5.41) is 5.53. The van der Waals surface area contributed by atoms with E-state index in [1.54, 1.807) is 0 Å². The normalized spacial score (nSPS) is 14.3. The molecule has 0 aliphatic heterocycles. The highest BCUT2D eigenvalue weighted by Gasteiger charge is 2.22. The first kappa shape index (κ1) is 25.3. The maximum absolute atomic E-state index is 12.7. The number of rotatable bonds is 9. The largest absolute Gasteiger partial charge is 0.383 e. The van der Waals surface area contributed by atoms with Gasteiger partial charge in [-0.2, -0.15) is 0 Å². The molecule has 1 saturated carbocycles. The number of amides is 3. The third kappa shape index (κ3) is 6.84. The van der Waals surface area contributed by atoms with Crippen LogP contribution in [0.4, 0.5) is 0 Å². The van der Waals surface area contributed by atoms with Crippen LogP contribution in [0.1, 0.15) is 63.3 Å². The first-order chi connectivity index (χ1) is 16.3. The lowest BCUT2D eigenvalue weighted by Gasteiger charge is -2.22. The van der Waals surface area contributed by atoms with Gasteiger partial charge in [-0.3, -0.25) is 19.4 Å². The predicted molar refractivity (Wildman–Crippen MR) is 124 cm³/mol. The number of carbonyl (C=O) groups excluding carboxylic acids is 3. The Morgan fingerprint density at radius 3 is 2.44 bits per heavy atom. The Morgan fingerprint density at radius 1 is 1.00 bits per heavy atom. The zero-order valence-electron chi connectivity index (χ0n) is 18.9. The minimum absolute atomic E-state index is 0.0387. The van der Waals surface area contributed by atoms with Gasteiger partial charge in [0.05, 0.1) is 17.1 Å². The van der Waals surface area contributed by atoms with Crippen LogP contribution < -0.4 is 15.4 Å². The molecular weight excluding hydrogens is 460 g/mol. The van der Waals surface area contributed by atoms with Crippen LogP contribution in [0.5, 0.6) is 0 Å². The average molecular weight is 489 g/mol. The van der Waals surface area contributed by atoms with E-state index in [0.29, 0.717) is 13.2 Å². The molecule has 3 N–H and O–H groups in total. The van der Waals surface area contributed by atoms with E-state index >= 15 is 0 Å². The van der Waals surface area contributed by atoms with E-state index in [4.69, 9.17) is 4.74 Å². The number of ether oxygens (including phenoxy) is 1. The summed E-state index contributed by atoms with van der Waals surface area (Å²) in [6.45, 7) is 0.642. The molecule has 0 unspecified atom stereocenters. The van der Waals surface area contributed by atoms with E-state index in [2.05, 4.69) is 15.6 Å². The molecule has 3 amide bonds. The van der Waals surface area contributed by atoms with Crippen molar-refractivity contribution in [3.8, 4) is 0 Å². The maximum atomic E-state index is 12.7. The van der Waals surface area contributed by atoms with Crippen LogP contribution in [0.25, 0.3) is 0 Å². The summed E-state index contributed by atoms with van der Waals surface area (Å²) >= 11 is 0. The zero-order chi connectivity index (χ0) is 24.6. The fraction of sp³-hybridized carbons (Fsp3) is 0.391. The number of hydrogen-bond acceptors (Lipinski definition) is 7. The SMILES string of the molecule is COCCNC(=O)c1ccc(C(=O)NS(=O)(=O)c2cccc(C(=O)NC3CCCCC3)c2)cn1. The smallest absolute Gasteiger partial charge is 0.269 e. The van der Waals surface area contributed by atoms with Crippen LogP contribution in [0.2, 0.25) is 0 Å². The van der Waals surface area contributed by atoms with Crippen molar-refractivity contribution in [1.82, 2.24) is 20.3 Å². The van der Waals surface area contributed by atoms with Gasteiger partial charge in [-0.25, -0.2) is 13.1 Å². The molecule has 1 aliphatic rings. The summed E-state index contributed by atoms with van der Waals surface area (Å²) in [5.74, 6) is -1.70. The number of hydrogen-bond donors (Lipinski definition) is 3. The lowest BCUT2D eigenvalue weighted by molar-refractivity contribution is 0.0921. The highest BCUT2D eigenvalue weighted by Crippen LogP contribution is 2.18. The van der Waals surface area contributed by atoms with Gasteiger partial charge >= 0.3 is 0 Å². The molecule has 0 bridgehead atoms. The van der Waals surface area contributed by atoms with Gasteiger partial charge in [-0.05, 0) is 43.2 Å². The van der Waals surface area contributed by atoms with Crippen molar-refractivity contribution < 1.29 is 27.5 Å². The van der Waals surface area contributed by atoms with Gasteiger partial charge in [-0.1, -0.05) is 25.3 Å². The average Bonchev–Trinajstić information content (AvgIpc) is 2.84. The van der Waals surface area contributed by atoms with Crippen LogP contribution in [-0.2, 0) is 14.8 Å². The molecule has 1 aromatic heterocycles. The van der Waals surface area contributed by atoms with Crippen molar-refractivity contribution >= 4 is 27.7 Å². The van der Waals surface area contributed by atoms with Crippen LogP contribution in [0, 0.1) is 0 Å². The predicted octanol–water partition coefficient (Wildman–Crippen LogP) is 1.64. The molecule has 10 nitrogen and oxygen atoms in total. The molecule has 0 atom stereocenters. The number of nitrogens with one attached hydrogen (secondary N) is 3. The van der Waals surface area contributed by atoms with Crippen molar-refractivity contribution in [2.24, 2.45) is 0 Å². The van der Waals surface area contributed by atoms with Gasteiger partial charge in [0.25, 0.3) is 27.7 Å². The Bertz CT molecular complexity index is 1130. The van der Waals surface area contributed by atoms with Gasteiger partial charge in [0.1, 0.15) is 5.69 Å². The van der Waals surface area contributed by atoms with Crippen molar-refractivity contribution in [3.63, 3.8) is 0 Å². The quantitative estimate of drug-likeness (QED) is 0.455. The Kier molecular flexibility index (Phi) is 8.72. The number of nitrogens with zero attached hydrogens (tertiary/aromatic N) is 1. The molecule has 2 aromatic rings. The van der Waals surface area contributed by atoms with E-state index in [9.17, 15) is 22.8 Å². The number of aromatic nitrogens is 1. The Labute approximate surface area is 198 Å². The second-order valence-corrected chi connectivity index (χ2v) is 9.63. The van der Waals surface area contributed by atoms with Crippen LogP contribution in [-0.4, -0.2) is 57.4 Å². The van der Waals surface area contributed by atoms with Gasteiger partial charge in [-0.15, -0.1) is 0 Å². The third-order valence-corrected chi connectivity index (χ3v) is 6.75. The molecule has 1 heterocycles. The third-order valence-electron chi connectivity index (χ3n) is 5.42. The van der Waals surface area contributed by atoms with Gasteiger partial charge in [0.2, 0.25) is 0 Å². The van der Waals surface area contributed by atoms with E-state index in [1.807, 2.05) is 4.72 Å². The summed E-state index contributed by atoms with van der Waals surface area (Å²) in [4.78, 5) is 40.7. The second-order valence-electron chi connectivity index (χ2n) is 7.95. The molecule has 34 heavy (non-hydrogen) atoms. The first-order valence-electron chi connectivity index (χ1n) is 11.0. The number of benzene rings is 1. The number of sulfonamides is 1. The summed E-state index contributed by atoms with van der Waals surface area (Å²) in [6.07, 6.45) is 6.19. The topological polar surface area (TPSA) is 144 Å². The molecule has 0 spiro atoms. The zero-order valence-corrected chi connectivity index (χ0v) is 19.7. The van der Waals surface area contributed by atoms with Crippen LogP contribution >= 0.6 is 0 Å². The summed E-state index contributed by atoms with van der Waals surface area (Å²) in [5.41, 5.74) is 0.238. The summed E-state index contributed by atoms with van der Waals surface area (Å²) in [7, 11) is -2.73. The molecule has 11 heteroatoms. The summed E-state index contributed by atoms with van der Waals surface area (Å²) < 4.78 is 32.3. The van der Waals surface area contributed by atoms with Crippen LogP contribution in [0.3, 0.4) is 0 Å². The molecule has 1 fully saturated rings. The fourth-order valence-electron chi connectivity index (χ4n) is 3.58. The molecule has 3 rings (SSSR count). The van der Waals surface area contributed by atoms with E-state index in [1.165, 1.54) is 43.5 Å². The van der Waals surface area contributed by atoms with E-state index < -0.39 is 21.8 Å². The van der Waals surface area contributed by atoms with Crippen molar-refractivity contribution in [3.05, 3.63) is 59.4 Å².